The Morgan fingerprint density at radius 2 is 1.80 bits per heavy atom. The Balaban J connectivity index is 1.70. The van der Waals surface area contributed by atoms with Crippen LogP contribution in [0.3, 0.4) is 0 Å². The minimum Gasteiger partial charge on any atom is -0.479 e. The summed E-state index contributed by atoms with van der Waals surface area (Å²) in [6.07, 6.45) is 9.87. The summed E-state index contributed by atoms with van der Waals surface area (Å²) in [5.74, 6) is -0.912. The normalized spacial score (nSPS) is 26.1. The Labute approximate surface area is 178 Å². The molecule has 8 nitrogen and oxygen atoms in total. The minimum absolute atomic E-state index is 0.00308. The summed E-state index contributed by atoms with van der Waals surface area (Å²) in [6, 6.07) is 0. The Kier molecular flexibility index (Phi) is 10.3. The number of hydrogen-bond acceptors (Lipinski definition) is 5. The molecule has 2 heterocycles. The monoisotopic (exact) mass is 424 g/mol. The predicted octanol–water partition coefficient (Wildman–Crippen LogP) is 1.76. The summed E-state index contributed by atoms with van der Waals surface area (Å²) in [5.41, 5.74) is 0. The molecule has 0 aromatic heterocycles. The number of carbonyl (C=O) groups excluding carboxylic acids is 2. The van der Waals surface area contributed by atoms with Crippen molar-refractivity contribution in [1.82, 2.24) is 10.6 Å². The van der Waals surface area contributed by atoms with E-state index < -0.39 is 12.1 Å². The van der Waals surface area contributed by atoms with Gasteiger partial charge < -0.3 is 25.6 Å². The van der Waals surface area contributed by atoms with E-state index >= 15 is 0 Å². The van der Waals surface area contributed by atoms with Crippen LogP contribution in [-0.4, -0.2) is 59.4 Å². The van der Waals surface area contributed by atoms with E-state index in [4.69, 9.17) is 9.84 Å². The van der Waals surface area contributed by atoms with E-state index in [2.05, 4.69) is 17.6 Å². The first-order valence-electron chi connectivity index (χ1n) is 11.2. The molecule has 170 valence electrons. The second-order valence-electron chi connectivity index (χ2n) is 8.29. The van der Waals surface area contributed by atoms with Gasteiger partial charge >= 0.3 is 5.97 Å². The Morgan fingerprint density at radius 3 is 2.50 bits per heavy atom. The van der Waals surface area contributed by atoms with Gasteiger partial charge in [-0.25, -0.2) is 4.79 Å². The van der Waals surface area contributed by atoms with E-state index in [1.165, 1.54) is 0 Å². The second-order valence-corrected chi connectivity index (χ2v) is 8.29. The van der Waals surface area contributed by atoms with Gasteiger partial charge in [0.2, 0.25) is 11.8 Å². The topological polar surface area (TPSA) is 125 Å². The molecule has 0 aliphatic carbocycles. The molecule has 1 unspecified atom stereocenters. The summed E-state index contributed by atoms with van der Waals surface area (Å²) in [6.45, 7) is 2.61. The largest absolute Gasteiger partial charge is 0.479 e. The highest BCUT2D eigenvalue weighted by Gasteiger charge is 2.47. The minimum atomic E-state index is -1.32. The summed E-state index contributed by atoms with van der Waals surface area (Å²) in [4.78, 5) is 34.5. The molecule has 2 rings (SSSR count). The SMILES string of the molecule is CCCCCC(=O)NCC(=O)NC[C@H]1C(C/C=C\CC[C@@H](O)C(=O)O)[C@H]2CC[C@@H]1O2. The fourth-order valence-corrected chi connectivity index (χ4v) is 4.33. The number of amides is 2. The molecular weight excluding hydrogens is 388 g/mol. The number of nitrogens with one attached hydrogen (secondary N) is 2. The van der Waals surface area contributed by atoms with E-state index in [1.54, 1.807) is 0 Å². The van der Waals surface area contributed by atoms with Gasteiger partial charge in [0.25, 0.3) is 0 Å². The number of rotatable bonds is 14. The molecular formula is C22H36N2O6. The predicted molar refractivity (Wildman–Crippen MR) is 112 cm³/mol. The first-order chi connectivity index (χ1) is 14.4. The Hall–Kier alpha value is -1.93. The number of carbonyl (C=O) groups is 3. The number of aliphatic hydroxyl groups excluding tert-OH is 1. The lowest BCUT2D eigenvalue weighted by Crippen LogP contribution is -2.42. The van der Waals surface area contributed by atoms with Gasteiger partial charge in [0.15, 0.2) is 6.10 Å². The average Bonchev–Trinajstić information content (AvgIpc) is 3.32. The highest BCUT2D eigenvalue weighted by Crippen LogP contribution is 2.44. The number of ether oxygens (including phenoxy) is 1. The lowest BCUT2D eigenvalue weighted by atomic mass is 9.77. The van der Waals surface area contributed by atoms with Gasteiger partial charge in [-0.1, -0.05) is 31.9 Å². The van der Waals surface area contributed by atoms with Crippen molar-refractivity contribution in [2.24, 2.45) is 11.8 Å². The van der Waals surface area contributed by atoms with Crippen molar-refractivity contribution in [2.45, 2.75) is 83.0 Å². The molecule has 2 fully saturated rings. The van der Waals surface area contributed by atoms with Crippen LogP contribution in [0.2, 0.25) is 0 Å². The molecule has 0 saturated carbocycles. The molecule has 2 bridgehead atoms. The molecule has 0 radical (unpaired) electrons. The second kappa shape index (κ2) is 12.7. The van der Waals surface area contributed by atoms with Crippen molar-refractivity contribution >= 4 is 17.8 Å². The molecule has 2 aliphatic heterocycles. The number of unbranched alkanes of at least 4 members (excludes halogenated alkanes) is 2. The van der Waals surface area contributed by atoms with Crippen LogP contribution in [0.5, 0.6) is 0 Å². The van der Waals surface area contributed by atoms with Gasteiger partial charge in [0, 0.05) is 18.9 Å². The standard InChI is InChI=1S/C22H36N2O6/c1-2-3-5-10-20(26)24-14-21(27)23-13-16-15(18-11-12-19(16)30-18)8-6-4-7-9-17(25)22(28)29/h4,6,15-19,25H,2-3,5,7-14H2,1H3,(H,23,27)(H,24,26)(H,28,29)/b6-4-/t15?,16-,17+,18+,19-/m0/s1. The number of fused-ring (bicyclic) bond motifs is 2. The quantitative estimate of drug-likeness (QED) is 0.249. The summed E-state index contributed by atoms with van der Waals surface area (Å²) in [5, 5.41) is 23.6. The van der Waals surface area contributed by atoms with E-state index in [0.29, 0.717) is 25.3 Å². The molecule has 0 spiro atoms. The number of aliphatic carboxylic acids is 1. The maximum atomic E-state index is 12.1. The van der Waals surface area contributed by atoms with E-state index in [9.17, 15) is 19.5 Å². The summed E-state index contributed by atoms with van der Waals surface area (Å²) >= 11 is 0. The third kappa shape index (κ3) is 7.72. The zero-order valence-corrected chi connectivity index (χ0v) is 17.8. The van der Waals surface area contributed by atoms with Crippen LogP contribution in [0.25, 0.3) is 0 Å². The van der Waals surface area contributed by atoms with Gasteiger partial charge in [0.05, 0.1) is 18.8 Å². The number of aliphatic hydroxyl groups is 1. The Bertz CT molecular complexity index is 608. The van der Waals surface area contributed by atoms with Crippen LogP contribution in [-0.2, 0) is 19.1 Å². The zero-order chi connectivity index (χ0) is 21.9. The van der Waals surface area contributed by atoms with E-state index in [0.717, 1.165) is 38.5 Å². The number of hydrogen-bond donors (Lipinski definition) is 4. The molecule has 0 aromatic carbocycles. The highest BCUT2D eigenvalue weighted by atomic mass is 16.5. The summed E-state index contributed by atoms with van der Waals surface area (Å²) < 4.78 is 6.04. The first-order valence-corrected chi connectivity index (χ1v) is 11.2. The lowest BCUT2D eigenvalue weighted by Gasteiger charge is -2.27. The smallest absolute Gasteiger partial charge is 0.332 e. The number of allylic oxidation sites excluding steroid dienone is 2. The van der Waals surface area contributed by atoms with Crippen LogP contribution >= 0.6 is 0 Å². The highest BCUT2D eigenvalue weighted by molar-refractivity contribution is 5.84. The van der Waals surface area contributed by atoms with Gasteiger partial charge in [-0.15, -0.1) is 0 Å². The fourth-order valence-electron chi connectivity index (χ4n) is 4.33. The van der Waals surface area contributed by atoms with Gasteiger partial charge in [-0.3, -0.25) is 9.59 Å². The number of carboxylic acid groups (broad SMARTS) is 1. The van der Waals surface area contributed by atoms with Crippen LogP contribution in [0, 0.1) is 11.8 Å². The van der Waals surface area contributed by atoms with Gasteiger partial charge in [0.1, 0.15) is 0 Å². The van der Waals surface area contributed by atoms with Crippen molar-refractivity contribution in [2.75, 3.05) is 13.1 Å². The molecule has 30 heavy (non-hydrogen) atoms. The number of carboxylic acids is 1. The maximum absolute atomic E-state index is 12.1. The maximum Gasteiger partial charge on any atom is 0.332 e. The van der Waals surface area contributed by atoms with Gasteiger partial charge in [-0.2, -0.15) is 0 Å². The van der Waals surface area contributed by atoms with Crippen molar-refractivity contribution in [3.05, 3.63) is 12.2 Å². The molecule has 0 aromatic rings. The molecule has 2 saturated heterocycles. The van der Waals surface area contributed by atoms with Crippen molar-refractivity contribution in [3.8, 4) is 0 Å². The molecule has 8 heteroatoms. The van der Waals surface area contributed by atoms with Crippen LogP contribution < -0.4 is 10.6 Å². The zero-order valence-electron chi connectivity index (χ0n) is 17.8. The summed E-state index contributed by atoms with van der Waals surface area (Å²) in [7, 11) is 0. The van der Waals surface area contributed by atoms with Crippen molar-refractivity contribution in [1.29, 1.82) is 0 Å². The third-order valence-electron chi connectivity index (χ3n) is 6.05. The van der Waals surface area contributed by atoms with E-state index in [-0.39, 0.29) is 42.9 Å². The first kappa shape index (κ1) is 24.3. The van der Waals surface area contributed by atoms with Crippen LogP contribution in [0.4, 0.5) is 0 Å². The molecule has 5 atom stereocenters. The van der Waals surface area contributed by atoms with Crippen LogP contribution in [0.15, 0.2) is 12.2 Å². The van der Waals surface area contributed by atoms with Crippen LogP contribution in [0.1, 0.15) is 64.7 Å². The Morgan fingerprint density at radius 1 is 1.07 bits per heavy atom. The molecule has 2 amide bonds. The fraction of sp³-hybridized carbons (Fsp3) is 0.773. The van der Waals surface area contributed by atoms with Crippen molar-refractivity contribution < 1.29 is 29.3 Å². The average molecular weight is 425 g/mol. The van der Waals surface area contributed by atoms with Crippen molar-refractivity contribution in [3.63, 3.8) is 0 Å². The molecule has 4 N–H and O–H groups in total. The lowest BCUT2D eigenvalue weighted by molar-refractivity contribution is -0.146. The third-order valence-corrected chi connectivity index (χ3v) is 6.05. The van der Waals surface area contributed by atoms with Gasteiger partial charge in [-0.05, 0) is 44.4 Å². The van der Waals surface area contributed by atoms with E-state index in [1.807, 2.05) is 12.2 Å². The molecule has 2 aliphatic rings.